The number of urea groups is 1. The highest BCUT2D eigenvalue weighted by atomic mass is 35.5. The van der Waals surface area contributed by atoms with Gasteiger partial charge in [-0.05, 0) is 50.1 Å². The van der Waals surface area contributed by atoms with Gasteiger partial charge in [-0.25, -0.2) is 19.2 Å². The number of methoxy groups -OCH3 is 1. The lowest BCUT2D eigenvalue weighted by Gasteiger charge is -2.32. The summed E-state index contributed by atoms with van der Waals surface area (Å²) in [6, 6.07) is 8.12. The Bertz CT molecular complexity index is 1320. The van der Waals surface area contributed by atoms with E-state index in [1.165, 1.54) is 18.5 Å². The SMILES string of the molecule is COc1cc2ncnc(Nc3ccc(F)c(Cl)c3)c2cc1OC1CCN(CCCNC(=O)N2CCOCC2)CC1. The topological polar surface area (TPSA) is 101 Å². The van der Waals surface area contributed by atoms with Crippen molar-refractivity contribution in [2.24, 2.45) is 0 Å². The van der Waals surface area contributed by atoms with E-state index >= 15 is 0 Å². The minimum Gasteiger partial charge on any atom is -0.493 e. The number of nitrogens with zero attached hydrogens (tertiary/aromatic N) is 4. The van der Waals surface area contributed by atoms with Crippen molar-refractivity contribution in [1.29, 1.82) is 0 Å². The Kier molecular flexibility index (Phi) is 9.35. The van der Waals surface area contributed by atoms with Crippen LogP contribution in [-0.2, 0) is 4.74 Å². The highest BCUT2D eigenvalue weighted by Crippen LogP contribution is 2.36. The van der Waals surface area contributed by atoms with Gasteiger partial charge < -0.3 is 34.6 Å². The van der Waals surface area contributed by atoms with Crippen molar-refractivity contribution in [2.75, 3.05) is 64.9 Å². The first-order valence-electron chi connectivity index (χ1n) is 13.5. The van der Waals surface area contributed by atoms with Gasteiger partial charge in [-0.15, -0.1) is 0 Å². The number of amides is 2. The molecule has 0 aliphatic carbocycles. The lowest BCUT2D eigenvalue weighted by atomic mass is 10.1. The summed E-state index contributed by atoms with van der Waals surface area (Å²) in [6.45, 7) is 5.92. The molecule has 0 bridgehead atoms. The van der Waals surface area contributed by atoms with Gasteiger partial charge in [0.1, 0.15) is 24.1 Å². The van der Waals surface area contributed by atoms with Crippen molar-refractivity contribution in [3.05, 3.63) is 47.5 Å². The van der Waals surface area contributed by atoms with Crippen LogP contribution in [0.4, 0.5) is 20.7 Å². The van der Waals surface area contributed by atoms with Crippen LogP contribution in [0.1, 0.15) is 19.3 Å². The number of fused-ring (bicyclic) bond motifs is 1. The molecule has 3 heterocycles. The average molecular weight is 573 g/mol. The quantitative estimate of drug-likeness (QED) is 0.363. The number of morpholine rings is 1. The number of carbonyl (C=O) groups excluding carboxylic acids is 1. The molecular formula is C28H34ClFN6O4. The number of ether oxygens (including phenoxy) is 3. The minimum atomic E-state index is -0.484. The Morgan fingerprint density at radius 3 is 2.67 bits per heavy atom. The molecule has 2 fully saturated rings. The molecule has 2 N–H and O–H groups in total. The number of nitrogens with one attached hydrogen (secondary N) is 2. The van der Waals surface area contributed by atoms with Gasteiger partial charge in [-0.3, -0.25) is 0 Å². The maximum Gasteiger partial charge on any atom is 0.317 e. The molecule has 0 unspecified atom stereocenters. The van der Waals surface area contributed by atoms with Crippen molar-refractivity contribution in [3.8, 4) is 11.5 Å². The predicted molar refractivity (Wildman–Crippen MR) is 151 cm³/mol. The highest BCUT2D eigenvalue weighted by molar-refractivity contribution is 6.31. The average Bonchev–Trinajstić information content (AvgIpc) is 2.98. The molecule has 0 spiro atoms. The Hall–Kier alpha value is -3.41. The molecule has 0 saturated carbocycles. The normalized spacial score (nSPS) is 16.6. The zero-order valence-corrected chi connectivity index (χ0v) is 23.3. The molecule has 2 amide bonds. The third-order valence-corrected chi connectivity index (χ3v) is 7.45. The summed E-state index contributed by atoms with van der Waals surface area (Å²) in [5.74, 6) is 1.28. The summed E-state index contributed by atoms with van der Waals surface area (Å²) in [7, 11) is 1.61. The highest BCUT2D eigenvalue weighted by Gasteiger charge is 2.23. The van der Waals surface area contributed by atoms with Crippen molar-refractivity contribution in [1.82, 2.24) is 25.1 Å². The number of hydrogen-bond acceptors (Lipinski definition) is 8. The molecule has 12 heteroatoms. The summed E-state index contributed by atoms with van der Waals surface area (Å²) < 4.78 is 30.9. The van der Waals surface area contributed by atoms with Crippen molar-refractivity contribution in [3.63, 3.8) is 0 Å². The molecule has 5 rings (SSSR count). The zero-order valence-electron chi connectivity index (χ0n) is 22.5. The number of hydrogen-bond donors (Lipinski definition) is 2. The van der Waals surface area contributed by atoms with E-state index < -0.39 is 5.82 Å². The van der Waals surface area contributed by atoms with E-state index in [2.05, 4.69) is 25.5 Å². The Labute approximate surface area is 237 Å². The van der Waals surface area contributed by atoms with Crippen molar-refractivity contribution < 1.29 is 23.4 Å². The summed E-state index contributed by atoms with van der Waals surface area (Å²) in [6.07, 6.45) is 4.16. The van der Waals surface area contributed by atoms with Crippen LogP contribution in [0.5, 0.6) is 11.5 Å². The maximum atomic E-state index is 13.6. The lowest BCUT2D eigenvalue weighted by molar-refractivity contribution is 0.0531. The van der Waals surface area contributed by atoms with Crippen LogP contribution in [0.15, 0.2) is 36.7 Å². The van der Waals surface area contributed by atoms with Crippen LogP contribution in [0.25, 0.3) is 10.9 Å². The number of rotatable bonds is 9. The summed E-state index contributed by atoms with van der Waals surface area (Å²) in [5.41, 5.74) is 1.29. The van der Waals surface area contributed by atoms with E-state index in [0.717, 1.165) is 44.3 Å². The Morgan fingerprint density at radius 1 is 1.12 bits per heavy atom. The molecule has 3 aromatic rings. The van der Waals surface area contributed by atoms with E-state index in [0.29, 0.717) is 61.4 Å². The van der Waals surface area contributed by atoms with Gasteiger partial charge >= 0.3 is 6.03 Å². The number of carbonyl (C=O) groups is 1. The van der Waals surface area contributed by atoms with Crippen LogP contribution in [0.2, 0.25) is 5.02 Å². The largest absolute Gasteiger partial charge is 0.493 e. The molecule has 2 aliphatic heterocycles. The van der Waals surface area contributed by atoms with Crippen LogP contribution >= 0.6 is 11.6 Å². The number of likely N-dealkylation sites (tertiary alicyclic amines) is 1. The number of piperidine rings is 1. The van der Waals surface area contributed by atoms with Gasteiger partial charge in [0.05, 0.1) is 30.9 Å². The third kappa shape index (κ3) is 7.01. The van der Waals surface area contributed by atoms with Gasteiger partial charge in [-0.1, -0.05) is 11.6 Å². The third-order valence-electron chi connectivity index (χ3n) is 7.16. The Balaban J connectivity index is 1.15. The fourth-order valence-electron chi connectivity index (χ4n) is 4.93. The van der Waals surface area contributed by atoms with Gasteiger partial charge in [0.25, 0.3) is 0 Å². The summed E-state index contributed by atoms with van der Waals surface area (Å²) in [4.78, 5) is 25.2. The summed E-state index contributed by atoms with van der Waals surface area (Å²) in [5, 5.41) is 6.98. The Morgan fingerprint density at radius 2 is 1.93 bits per heavy atom. The van der Waals surface area contributed by atoms with E-state index in [1.54, 1.807) is 18.1 Å². The fourth-order valence-corrected chi connectivity index (χ4v) is 5.11. The molecule has 1 aromatic heterocycles. The second-order valence-corrected chi connectivity index (χ2v) is 10.2. The van der Waals surface area contributed by atoms with Crippen molar-refractivity contribution >= 4 is 40.0 Å². The predicted octanol–water partition coefficient (Wildman–Crippen LogP) is 4.45. The molecule has 10 nitrogen and oxygen atoms in total. The molecule has 214 valence electrons. The van der Waals surface area contributed by atoms with Crippen LogP contribution < -0.4 is 20.1 Å². The molecule has 2 aliphatic rings. The van der Waals surface area contributed by atoms with E-state index in [4.69, 9.17) is 25.8 Å². The second-order valence-electron chi connectivity index (χ2n) is 9.84. The number of halogens is 2. The van der Waals surface area contributed by atoms with Gasteiger partial charge in [0.2, 0.25) is 0 Å². The van der Waals surface area contributed by atoms with Gasteiger partial charge in [-0.2, -0.15) is 0 Å². The van der Waals surface area contributed by atoms with E-state index in [9.17, 15) is 9.18 Å². The van der Waals surface area contributed by atoms with E-state index in [-0.39, 0.29) is 17.2 Å². The smallest absolute Gasteiger partial charge is 0.317 e. The molecule has 2 aromatic carbocycles. The summed E-state index contributed by atoms with van der Waals surface area (Å²) >= 11 is 5.95. The van der Waals surface area contributed by atoms with Crippen LogP contribution in [0.3, 0.4) is 0 Å². The standard InChI is InChI=1S/C28H34ClFN6O4/c1-38-25-17-24-21(27(33-18-32-24)34-19-3-4-23(30)22(29)15-19)16-26(25)40-20-5-9-35(10-6-20)8-2-7-31-28(37)36-11-13-39-14-12-36/h3-4,15-18,20H,2,5-14H2,1H3,(H,31,37)(H,32,33,34). The minimum absolute atomic E-state index is 0.00929. The van der Waals surface area contributed by atoms with Gasteiger partial charge in [0, 0.05) is 49.9 Å². The monoisotopic (exact) mass is 572 g/mol. The number of aromatic nitrogens is 2. The number of benzene rings is 2. The maximum absolute atomic E-state index is 13.6. The molecule has 0 radical (unpaired) electrons. The number of anilines is 2. The molecular weight excluding hydrogens is 539 g/mol. The van der Waals surface area contributed by atoms with Crippen molar-refractivity contribution in [2.45, 2.75) is 25.4 Å². The zero-order chi connectivity index (χ0) is 27.9. The van der Waals surface area contributed by atoms with E-state index in [1.807, 2.05) is 12.1 Å². The first-order valence-corrected chi connectivity index (χ1v) is 13.9. The van der Waals surface area contributed by atoms with Gasteiger partial charge in [0.15, 0.2) is 11.5 Å². The molecule has 40 heavy (non-hydrogen) atoms. The molecule has 0 atom stereocenters. The lowest BCUT2D eigenvalue weighted by Crippen LogP contribution is -2.46. The van der Waals surface area contributed by atoms with Crippen LogP contribution in [-0.4, -0.2) is 91.5 Å². The molecule has 2 saturated heterocycles. The second kappa shape index (κ2) is 13.3. The fraction of sp³-hybridized carbons (Fsp3) is 0.464. The first-order chi connectivity index (χ1) is 19.5. The first kappa shape index (κ1) is 28.1. The van der Waals surface area contributed by atoms with Crippen LogP contribution in [0, 0.1) is 5.82 Å².